The second kappa shape index (κ2) is 5.78. The van der Waals surface area contributed by atoms with E-state index >= 15 is 0 Å². The smallest absolute Gasteiger partial charge is 0.122 e. The van der Waals surface area contributed by atoms with E-state index in [9.17, 15) is 0 Å². The van der Waals surface area contributed by atoms with E-state index < -0.39 is 0 Å². The van der Waals surface area contributed by atoms with Gasteiger partial charge in [0.15, 0.2) is 0 Å². The van der Waals surface area contributed by atoms with Crippen LogP contribution in [0.5, 0.6) is 0 Å². The first-order valence-electron chi connectivity index (χ1n) is 7.64. The molecule has 0 atom stereocenters. The maximum atomic E-state index is 5.65. The van der Waals surface area contributed by atoms with Gasteiger partial charge in [0, 0.05) is 12.7 Å². The molecule has 0 unspecified atom stereocenters. The van der Waals surface area contributed by atoms with E-state index in [1.54, 1.807) is 0 Å². The van der Waals surface area contributed by atoms with Crippen molar-refractivity contribution in [2.45, 2.75) is 45.1 Å². The van der Waals surface area contributed by atoms with Crippen molar-refractivity contribution >= 4 is 17.2 Å². The number of rotatable bonds is 3. The average Bonchev–Trinajstić information content (AvgIpc) is 2.90. The third-order valence-electron chi connectivity index (χ3n) is 5.06. The number of nitrogens with two attached hydrogens (primary N) is 1. The van der Waals surface area contributed by atoms with E-state index in [-0.39, 0.29) is 0 Å². The lowest BCUT2D eigenvalue weighted by molar-refractivity contribution is 0.103. The molecule has 108 valence electrons. The van der Waals surface area contributed by atoms with Crippen molar-refractivity contribution in [3.8, 4) is 0 Å². The van der Waals surface area contributed by atoms with Crippen LogP contribution in [-0.4, -0.2) is 28.0 Å². The Hall–Kier alpha value is -1.00. The quantitative estimate of drug-likeness (QED) is 0.869. The molecular weight excluding hydrogens is 266 g/mol. The van der Waals surface area contributed by atoms with Gasteiger partial charge in [0.1, 0.15) is 4.99 Å². The summed E-state index contributed by atoms with van der Waals surface area (Å²) in [6, 6.07) is 4.10. The Labute approximate surface area is 126 Å². The summed E-state index contributed by atoms with van der Waals surface area (Å²) in [6.07, 6.45) is 10.4. The summed E-state index contributed by atoms with van der Waals surface area (Å²) in [6.45, 7) is 3.45. The minimum absolute atomic E-state index is 0.385. The lowest BCUT2D eigenvalue weighted by Gasteiger charge is -2.39. The third kappa shape index (κ3) is 3.01. The Morgan fingerprint density at radius 1 is 1.25 bits per heavy atom. The van der Waals surface area contributed by atoms with Crippen LogP contribution in [-0.2, 0) is 6.54 Å². The molecule has 1 spiro atoms. The lowest BCUT2D eigenvalue weighted by atomic mass is 9.77. The molecule has 2 heterocycles. The fourth-order valence-electron chi connectivity index (χ4n) is 3.78. The molecule has 0 bridgehead atoms. The number of hydrogen-bond donors (Lipinski definition) is 1. The number of nitrogens with zero attached hydrogens (tertiary/aromatic N) is 2. The van der Waals surface area contributed by atoms with E-state index in [0.29, 0.717) is 10.4 Å². The van der Waals surface area contributed by atoms with Crippen LogP contribution in [0.3, 0.4) is 0 Å². The number of likely N-dealkylation sites (tertiary alicyclic amines) is 1. The van der Waals surface area contributed by atoms with Gasteiger partial charge < -0.3 is 5.73 Å². The molecular formula is C16H23N3S. The number of thiocarbonyl (C=S) groups is 1. The van der Waals surface area contributed by atoms with Crippen LogP contribution in [0.1, 0.15) is 49.8 Å². The summed E-state index contributed by atoms with van der Waals surface area (Å²) >= 11 is 5.00. The SMILES string of the molecule is NC(=S)c1cc(CN2CCC3(CCCC3)CC2)ccn1. The molecule has 1 aliphatic heterocycles. The molecule has 1 saturated carbocycles. The number of pyridine rings is 1. The molecule has 1 saturated heterocycles. The van der Waals surface area contributed by atoms with Gasteiger partial charge in [-0.3, -0.25) is 9.88 Å². The van der Waals surface area contributed by atoms with Crippen molar-refractivity contribution in [3.05, 3.63) is 29.6 Å². The predicted molar refractivity (Wildman–Crippen MR) is 85.5 cm³/mol. The van der Waals surface area contributed by atoms with Crippen LogP contribution in [0, 0.1) is 5.41 Å². The maximum absolute atomic E-state index is 5.65. The Balaban J connectivity index is 1.59. The zero-order chi connectivity index (χ0) is 14.0. The standard InChI is InChI=1S/C16H23N3S/c17-15(20)14-11-13(3-8-18-14)12-19-9-6-16(7-10-19)4-1-2-5-16/h3,8,11H,1-2,4-7,9-10,12H2,(H2,17,20). The summed E-state index contributed by atoms with van der Waals surface area (Å²) in [5.74, 6) is 0. The van der Waals surface area contributed by atoms with Gasteiger partial charge in [-0.2, -0.15) is 0 Å². The summed E-state index contributed by atoms with van der Waals surface area (Å²) in [4.78, 5) is 7.15. The first-order valence-corrected chi connectivity index (χ1v) is 8.05. The summed E-state index contributed by atoms with van der Waals surface area (Å²) in [7, 11) is 0. The second-order valence-corrected chi connectivity index (χ2v) is 6.84. The van der Waals surface area contributed by atoms with Crippen LogP contribution in [0.15, 0.2) is 18.3 Å². The zero-order valence-corrected chi connectivity index (χ0v) is 12.8. The highest BCUT2D eigenvalue weighted by atomic mass is 32.1. The molecule has 3 nitrogen and oxygen atoms in total. The fraction of sp³-hybridized carbons (Fsp3) is 0.625. The van der Waals surface area contributed by atoms with Crippen molar-refractivity contribution in [1.29, 1.82) is 0 Å². The predicted octanol–water partition coefficient (Wildman–Crippen LogP) is 2.87. The first-order chi connectivity index (χ1) is 9.67. The molecule has 0 aromatic carbocycles. The molecule has 1 aromatic rings. The Morgan fingerprint density at radius 2 is 1.95 bits per heavy atom. The van der Waals surface area contributed by atoms with Gasteiger partial charge in [0.05, 0.1) is 5.69 Å². The molecule has 20 heavy (non-hydrogen) atoms. The molecule has 2 aliphatic rings. The van der Waals surface area contributed by atoms with E-state index in [4.69, 9.17) is 18.0 Å². The fourth-order valence-corrected chi connectivity index (χ4v) is 3.89. The molecule has 2 fully saturated rings. The second-order valence-electron chi connectivity index (χ2n) is 6.40. The Morgan fingerprint density at radius 3 is 2.60 bits per heavy atom. The normalized spacial score (nSPS) is 22.2. The molecule has 2 N–H and O–H groups in total. The Kier molecular flexibility index (Phi) is 4.03. The molecule has 1 aromatic heterocycles. The van der Waals surface area contributed by atoms with Crippen LogP contribution < -0.4 is 5.73 Å². The van der Waals surface area contributed by atoms with Crippen molar-refractivity contribution in [3.63, 3.8) is 0 Å². The summed E-state index contributed by atoms with van der Waals surface area (Å²) in [5.41, 5.74) is 8.35. The minimum atomic E-state index is 0.385. The van der Waals surface area contributed by atoms with Crippen molar-refractivity contribution in [1.82, 2.24) is 9.88 Å². The molecule has 0 radical (unpaired) electrons. The van der Waals surface area contributed by atoms with Gasteiger partial charge in [-0.25, -0.2) is 0 Å². The van der Waals surface area contributed by atoms with Crippen molar-refractivity contribution in [2.24, 2.45) is 11.1 Å². The van der Waals surface area contributed by atoms with E-state index in [1.807, 2.05) is 12.3 Å². The number of aromatic nitrogens is 1. The van der Waals surface area contributed by atoms with Crippen LogP contribution in [0.25, 0.3) is 0 Å². The largest absolute Gasteiger partial charge is 0.388 e. The highest BCUT2D eigenvalue weighted by molar-refractivity contribution is 7.80. The number of piperidine rings is 1. The molecule has 3 rings (SSSR count). The van der Waals surface area contributed by atoms with E-state index in [2.05, 4.69) is 16.0 Å². The van der Waals surface area contributed by atoms with Gasteiger partial charge in [-0.15, -0.1) is 0 Å². The van der Waals surface area contributed by atoms with Gasteiger partial charge >= 0.3 is 0 Å². The lowest BCUT2D eigenvalue weighted by Crippen LogP contribution is -2.38. The van der Waals surface area contributed by atoms with Crippen molar-refractivity contribution < 1.29 is 0 Å². The zero-order valence-electron chi connectivity index (χ0n) is 12.0. The highest BCUT2D eigenvalue weighted by Gasteiger charge is 2.36. The summed E-state index contributed by atoms with van der Waals surface area (Å²) < 4.78 is 0. The van der Waals surface area contributed by atoms with Gasteiger partial charge in [0.25, 0.3) is 0 Å². The molecule has 4 heteroatoms. The average molecular weight is 289 g/mol. The van der Waals surface area contributed by atoms with Crippen LogP contribution in [0.4, 0.5) is 0 Å². The van der Waals surface area contributed by atoms with Crippen molar-refractivity contribution in [2.75, 3.05) is 13.1 Å². The molecule has 1 aliphatic carbocycles. The van der Waals surface area contributed by atoms with Gasteiger partial charge in [-0.05, 0) is 61.9 Å². The maximum Gasteiger partial charge on any atom is 0.122 e. The first kappa shape index (κ1) is 14.0. The van der Waals surface area contributed by atoms with Crippen LogP contribution >= 0.6 is 12.2 Å². The monoisotopic (exact) mass is 289 g/mol. The third-order valence-corrected chi connectivity index (χ3v) is 5.27. The minimum Gasteiger partial charge on any atom is -0.388 e. The van der Waals surface area contributed by atoms with Gasteiger partial charge in [-0.1, -0.05) is 25.1 Å². The van der Waals surface area contributed by atoms with E-state index in [0.717, 1.165) is 12.2 Å². The van der Waals surface area contributed by atoms with Gasteiger partial charge in [0.2, 0.25) is 0 Å². The number of hydrogen-bond acceptors (Lipinski definition) is 3. The van der Waals surface area contributed by atoms with Crippen LogP contribution in [0.2, 0.25) is 0 Å². The van der Waals surface area contributed by atoms with E-state index in [1.165, 1.54) is 57.2 Å². The Bertz CT molecular complexity index is 484. The summed E-state index contributed by atoms with van der Waals surface area (Å²) in [5, 5.41) is 0. The highest BCUT2D eigenvalue weighted by Crippen LogP contribution is 2.46. The molecule has 0 amide bonds. The topological polar surface area (TPSA) is 42.1 Å².